The molecule has 0 aromatic carbocycles. The molecule has 120 valence electrons. The van der Waals surface area contributed by atoms with Crippen LogP contribution in [0.4, 0.5) is 5.82 Å². The lowest BCUT2D eigenvalue weighted by atomic mass is 9.90. The molecule has 1 aromatic heterocycles. The van der Waals surface area contributed by atoms with E-state index in [0.717, 1.165) is 12.8 Å². The lowest BCUT2D eigenvalue weighted by Gasteiger charge is -2.36. The molecule has 0 radical (unpaired) electrons. The molecule has 2 heterocycles. The van der Waals surface area contributed by atoms with Crippen LogP contribution in [-0.4, -0.2) is 45.4 Å². The molecule has 1 aromatic rings. The number of likely N-dealkylation sites (tertiary alicyclic amines) is 1. The molecular weight excluding hydrogens is 284 g/mol. The normalized spacial score (nSPS) is 20.9. The summed E-state index contributed by atoms with van der Waals surface area (Å²) in [5.74, 6) is -0.622. The molecule has 1 fully saturated rings. The average Bonchev–Trinajstić information content (AvgIpc) is 2.93. The van der Waals surface area contributed by atoms with Crippen LogP contribution in [0.15, 0.2) is 12.4 Å². The molecule has 22 heavy (non-hydrogen) atoms. The number of hydrogen-bond acceptors (Lipinski definition) is 6. The number of nitrogen functional groups attached to an aromatic ring is 1. The van der Waals surface area contributed by atoms with Gasteiger partial charge in [-0.05, 0) is 26.2 Å². The summed E-state index contributed by atoms with van der Waals surface area (Å²) < 4.78 is 5.23. The Balaban J connectivity index is 2.37. The van der Waals surface area contributed by atoms with Crippen LogP contribution in [0.25, 0.3) is 0 Å². The summed E-state index contributed by atoms with van der Waals surface area (Å²) in [6, 6.07) is 0. The number of carbonyl (C=O) groups excluding carboxylic acids is 2. The molecule has 2 rings (SSSR count). The van der Waals surface area contributed by atoms with Crippen molar-refractivity contribution in [3.8, 4) is 0 Å². The molecule has 1 aliphatic rings. The Hall–Kier alpha value is -2.18. The number of aromatic nitrogens is 2. The molecule has 0 aliphatic carbocycles. The first-order chi connectivity index (χ1) is 10.6. The maximum atomic E-state index is 12.8. The maximum absolute atomic E-state index is 12.8. The summed E-state index contributed by atoms with van der Waals surface area (Å²) >= 11 is 0. The number of rotatable bonds is 5. The maximum Gasteiger partial charge on any atom is 0.332 e. The van der Waals surface area contributed by atoms with E-state index in [0.29, 0.717) is 26.0 Å². The van der Waals surface area contributed by atoms with Crippen LogP contribution in [0.3, 0.4) is 0 Å². The van der Waals surface area contributed by atoms with E-state index >= 15 is 0 Å². The summed E-state index contributed by atoms with van der Waals surface area (Å²) in [7, 11) is 0. The van der Waals surface area contributed by atoms with Gasteiger partial charge in [-0.2, -0.15) is 0 Å². The molecule has 1 saturated heterocycles. The molecule has 1 aliphatic heterocycles. The first-order valence-electron chi connectivity index (χ1n) is 7.62. The standard InChI is InChI=1S/C15H22N4O3/c1-3-6-15(14(21)22-4-2)7-5-10-19(15)13(20)11-12(16)18-9-8-17-11/h8-9H,3-7,10H2,1-2H3,(H2,16,18). The van der Waals surface area contributed by atoms with Crippen molar-refractivity contribution in [3.63, 3.8) is 0 Å². The highest BCUT2D eigenvalue weighted by atomic mass is 16.5. The van der Waals surface area contributed by atoms with Crippen molar-refractivity contribution in [2.75, 3.05) is 18.9 Å². The molecule has 0 saturated carbocycles. The minimum Gasteiger partial charge on any atom is -0.464 e. The van der Waals surface area contributed by atoms with E-state index in [9.17, 15) is 9.59 Å². The first-order valence-corrected chi connectivity index (χ1v) is 7.62. The Morgan fingerprint density at radius 1 is 1.36 bits per heavy atom. The lowest BCUT2D eigenvalue weighted by molar-refractivity contribution is -0.155. The van der Waals surface area contributed by atoms with Crippen LogP contribution in [0.2, 0.25) is 0 Å². The SMILES string of the molecule is CCCC1(C(=O)OCC)CCCN1C(=O)c1nccnc1N. The van der Waals surface area contributed by atoms with Gasteiger partial charge in [0.1, 0.15) is 5.54 Å². The zero-order chi connectivity index (χ0) is 16.2. The fourth-order valence-electron chi connectivity index (χ4n) is 3.07. The van der Waals surface area contributed by atoms with Crippen LogP contribution in [0, 0.1) is 0 Å². The van der Waals surface area contributed by atoms with Crippen molar-refractivity contribution in [2.24, 2.45) is 0 Å². The van der Waals surface area contributed by atoms with E-state index in [4.69, 9.17) is 10.5 Å². The van der Waals surface area contributed by atoms with Gasteiger partial charge in [0.25, 0.3) is 5.91 Å². The quantitative estimate of drug-likeness (QED) is 0.826. The second kappa shape index (κ2) is 6.72. The number of hydrogen-bond donors (Lipinski definition) is 1. The highest BCUT2D eigenvalue weighted by Gasteiger charge is 2.50. The van der Waals surface area contributed by atoms with Crippen LogP contribution < -0.4 is 5.73 Å². The Bertz CT molecular complexity index is 563. The molecule has 1 unspecified atom stereocenters. The Labute approximate surface area is 129 Å². The predicted molar refractivity (Wildman–Crippen MR) is 81.0 cm³/mol. The van der Waals surface area contributed by atoms with E-state index < -0.39 is 5.54 Å². The average molecular weight is 306 g/mol. The highest BCUT2D eigenvalue weighted by Crippen LogP contribution is 2.36. The molecule has 0 spiro atoms. The lowest BCUT2D eigenvalue weighted by Crippen LogP contribution is -2.54. The molecule has 7 heteroatoms. The molecule has 1 amide bonds. The summed E-state index contributed by atoms with van der Waals surface area (Å²) in [5, 5.41) is 0. The zero-order valence-electron chi connectivity index (χ0n) is 13.0. The van der Waals surface area contributed by atoms with Crippen LogP contribution in [0.1, 0.15) is 50.0 Å². The van der Waals surface area contributed by atoms with E-state index in [1.807, 2.05) is 6.92 Å². The first kappa shape index (κ1) is 16.2. The Morgan fingerprint density at radius 2 is 2.09 bits per heavy atom. The highest BCUT2D eigenvalue weighted by molar-refractivity contribution is 6.00. The zero-order valence-corrected chi connectivity index (χ0v) is 13.0. The third-order valence-electron chi connectivity index (χ3n) is 3.98. The summed E-state index contributed by atoms with van der Waals surface area (Å²) in [6.45, 7) is 4.53. The third-order valence-corrected chi connectivity index (χ3v) is 3.98. The van der Waals surface area contributed by atoms with Gasteiger partial charge in [0.05, 0.1) is 6.61 Å². The second-order valence-electron chi connectivity index (χ2n) is 5.35. The number of esters is 1. The minimum atomic E-state index is -0.911. The van der Waals surface area contributed by atoms with Gasteiger partial charge in [-0.3, -0.25) is 4.79 Å². The van der Waals surface area contributed by atoms with Gasteiger partial charge < -0.3 is 15.4 Å². The number of ether oxygens (including phenoxy) is 1. The van der Waals surface area contributed by atoms with E-state index in [1.54, 1.807) is 11.8 Å². The summed E-state index contributed by atoms with van der Waals surface area (Å²) in [6.07, 6.45) is 5.55. The molecule has 2 N–H and O–H groups in total. The largest absolute Gasteiger partial charge is 0.464 e. The van der Waals surface area contributed by atoms with Crippen molar-refractivity contribution in [1.29, 1.82) is 0 Å². The van der Waals surface area contributed by atoms with Crippen LogP contribution >= 0.6 is 0 Å². The fraction of sp³-hybridized carbons (Fsp3) is 0.600. The molecule has 7 nitrogen and oxygen atoms in total. The van der Waals surface area contributed by atoms with Gasteiger partial charge in [0.15, 0.2) is 11.5 Å². The molecular formula is C15H22N4O3. The smallest absolute Gasteiger partial charge is 0.332 e. The monoisotopic (exact) mass is 306 g/mol. The van der Waals surface area contributed by atoms with Gasteiger partial charge in [-0.25, -0.2) is 14.8 Å². The van der Waals surface area contributed by atoms with Crippen molar-refractivity contribution >= 4 is 17.7 Å². The topological polar surface area (TPSA) is 98.4 Å². The van der Waals surface area contributed by atoms with Gasteiger partial charge in [0.2, 0.25) is 0 Å². The Morgan fingerprint density at radius 3 is 2.73 bits per heavy atom. The molecule has 0 bridgehead atoms. The number of carbonyl (C=O) groups is 2. The Kier molecular flexibility index (Phi) is 4.95. The van der Waals surface area contributed by atoms with E-state index in [-0.39, 0.29) is 23.4 Å². The van der Waals surface area contributed by atoms with Crippen molar-refractivity contribution in [2.45, 2.75) is 45.1 Å². The predicted octanol–water partition coefficient (Wildman–Crippen LogP) is 1.40. The van der Waals surface area contributed by atoms with E-state index in [2.05, 4.69) is 9.97 Å². The third kappa shape index (κ3) is 2.75. The van der Waals surface area contributed by atoms with Crippen LogP contribution in [-0.2, 0) is 9.53 Å². The van der Waals surface area contributed by atoms with Gasteiger partial charge in [-0.15, -0.1) is 0 Å². The second-order valence-corrected chi connectivity index (χ2v) is 5.35. The van der Waals surface area contributed by atoms with Crippen molar-refractivity contribution < 1.29 is 14.3 Å². The number of anilines is 1. The number of amides is 1. The van der Waals surface area contributed by atoms with E-state index in [1.165, 1.54) is 12.4 Å². The van der Waals surface area contributed by atoms with Crippen LogP contribution in [0.5, 0.6) is 0 Å². The summed E-state index contributed by atoms with van der Waals surface area (Å²) in [4.78, 5) is 34.8. The molecule has 1 atom stereocenters. The minimum absolute atomic E-state index is 0.0775. The van der Waals surface area contributed by atoms with Gasteiger partial charge >= 0.3 is 5.97 Å². The summed E-state index contributed by atoms with van der Waals surface area (Å²) in [5.41, 5.74) is 4.93. The van der Waals surface area contributed by atoms with Crippen molar-refractivity contribution in [3.05, 3.63) is 18.1 Å². The number of nitrogens with two attached hydrogens (primary N) is 1. The van der Waals surface area contributed by atoms with Crippen molar-refractivity contribution in [1.82, 2.24) is 14.9 Å². The van der Waals surface area contributed by atoms with Gasteiger partial charge in [-0.1, -0.05) is 13.3 Å². The fourth-order valence-corrected chi connectivity index (χ4v) is 3.07. The number of nitrogens with zero attached hydrogens (tertiary/aromatic N) is 3. The van der Waals surface area contributed by atoms with Gasteiger partial charge in [0, 0.05) is 18.9 Å².